The lowest BCUT2D eigenvalue weighted by molar-refractivity contribution is -0.192. The maximum absolute atomic E-state index is 13.8. The second-order valence-corrected chi connectivity index (χ2v) is 12.2. The monoisotopic (exact) mass is 755 g/mol. The quantitative estimate of drug-likeness (QED) is 0.0652. The number of halogens is 3. The summed E-state index contributed by atoms with van der Waals surface area (Å²) in [7, 11) is 0. The zero-order chi connectivity index (χ0) is 39.5. The summed E-state index contributed by atoms with van der Waals surface area (Å²) >= 11 is 0. The topological polar surface area (TPSA) is 224 Å². The van der Waals surface area contributed by atoms with Crippen LogP contribution < -0.4 is 32.3 Å². The van der Waals surface area contributed by atoms with Crippen LogP contribution in [0.4, 0.5) is 18.0 Å². The number of phenolic OH excluding ortho intramolecular Hbond substituents is 1. The zero-order valence-electron chi connectivity index (χ0n) is 29.3. The molecule has 1 aliphatic carbocycles. The van der Waals surface area contributed by atoms with Crippen LogP contribution in [-0.4, -0.2) is 77.7 Å². The molecule has 290 valence electrons. The zero-order valence-corrected chi connectivity index (χ0v) is 29.3. The maximum Gasteiger partial charge on any atom is 0.490 e. The van der Waals surface area contributed by atoms with Crippen molar-refractivity contribution in [1.29, 1.82) is 0 Å². The first-order chi connectivity index (χ1) is 25.7. The molecule has 3 aromatic rings. The van der Waals surface area contributed by atoms with Crippen molar-refractivity contribution < 1.29 is 47.4 Å². The van der Waals surface area contributed by atoms with E-state index in [2.05, 4.69) is 31.6 Å². The number of carbonyl (C=O) groups excluding carboxylic acids is 4. The number of hydrogen-bond donors (Lipinski definition) is 8. The highest BCUT2D eigenvalue weighted by Crippen LogP contribution is 2.26. The number of benzene rings is 3. The van der Waals surface area contributed by atoms with Crippen LogP contribution in [0.3, 0.4) is 0 Å². The minimum Gasteiger partial charge on any atom is -0.508 e. The summed E-state index contributed by atoms with van der Waals surface area (Å²) < 4.78 is 31.7. The molecule has 4 rings (SSSR count). The van der Waals surface area contributed by atoms with Crippen LogP contribution in [0.15, 0.2) is 89.9 Å². The maximum atomic E-state index is 13.8. The Morgan fingerprint density at radius 1 is 0.815 bits per heavy atom. The number of amides is 5. The van der Waals surface area contributed by atoms with E-state index in [-0.39, 0.29) is 61.4 Å². The second kappa shape index (κ2) is 21.4. The number of aliphatic imine (C=N–C) groups is 1. The number of phenols is 1. The molecule has 0 unspecified atom stereocenters. The van der Waals surface area contributed by atoms with Crippen molar-refractivity contribution >= 4 is 35.7 Å². The van der Waals surface area contributed by atoms with Crippen LogP contribution in [0.2, 0.25) is 0 Å². The minimum atomic E-state index is -5.08. The van der Waals surface area contributed by atoms with Crippen molar-refractivity contribution in [1.82, 2.24) is 26.6 Å². The van der Waals surface area contributed by atoms with Gasteiger partial charge in [-0.05, 0) is 54.5 Å². The molecule has 1 fully saturated rings. The summed E-state index contributed by atoms with van der Waals surface area (Å²) in [5, 5.41) is 30.4. The standard InChI is InChI=1S/C35H43N7O5.C2HF3O2/c36-34(42-35(47)39-22-21-37-31(44)27-13-7-14-27)38-20-8-15-29(32(45)40-23-24-16-18-28(43)19-17-24)41-33(46)30(25-9-3-1-4-10-25)26-11-5-2-6-12-26;3-2(4,5)1(6)7/h1-6,9-12,16-19,27,29-30,43H,7-8,13-15,20-23H2,(H,37,44)(H,40,45)(H,41,46)(H4,36,38,39,42,47);(H,6,7)/t29-;/m1./s1. The Morgan fingerprint density at radius 3 is 1.89 bits per heavy atom. The van der Waals surface area contributed by atoms with E-state index in [4.69, 9.17) is 15.6 Å². The van der Waals surface area contributed by atoms with Crippen LogP contribution in [0, 0.1) is 5.92 Å². The van der Waals surface area contributed by atoms with Crippen molar-refractivity contribution in [2.75, 3.05) is 19.6 Å². The van der Waals surface area contributed by atoms with Gasteiger partial charge >= 0.3 is 18.2 Å². The fourth-order valence-electron chi connectivity index (χ4n) is 5.11. The van der Waals surface area contributed by atoms with Gasteiger partial charge < -0.3 is 37.2 Å². The van der Waals surface area contributed by atoms with Gasteiger partial charge in [-0.2, -0.15) is 13.2 Å². The fourth-order valence-corrected chi connectivity index (χ4v) is 5.11. The van der Waals surface area contributed by atoms with Gasteiger partial charge in [0.2, 0.25) is 17.7 Å². The average Bonchev–Trinajstić information content (AvgIpc) is 3.11. The molecule has 0 radical (unpaired) electrons. The first-order valence-corrected chi connectivity index (χ1v) is 17.1. The molecular weight excluding hydrogens is 711 g/mol. The Bertz CT molecular complexity index is 1670. The van der Waals surface area contributed by atoms with Gasteiger partial charge in [0.25, 0.3) is 0 Å². The van der Waals surface area contributed by atoms with E-state index in [1.54, 1.807) is 12.1 Å². The van der Waals surface area contributed by atoms with Gasteiger partial charge in [0.1, 0.15) is 11.8 Å². The third-order valence-electron chi connectivity index (χ3n) is 8.17. The van der Waals surface area contributed by atoms with Gasteiger partial charge in [0, 0.05) is 32.1 Å². The molecule has 9 N–H and O–H groups in total. The third kappa shape index (κ3) is 14.8. The Kier molecular flexibility index (Phi) is 16.8. The molecule has 0 saturated heterocycles. The summed E-state index contributed by atoms with van der Waals surface area (Å²) in [5.41, 5.74) is 8.26. The Morgan fingerprint density at radius 2 is 1.37 bits per heavy atom. The van der Waals surface area contributed by atoms with Gasteiger partial charge in [-0.3, -0.25) is 24.7 Å². The van der Waals surface area contributed by atoms with Crippen molar-refractivity contribution in [3.05, 3.63) is 102 Å². The number of rotatable bonds is 15. The molecule has 1 atom stereocenters. The van der Waals surface area contributed by atoms with Gasteiger partial charge in [-0.25, -0.2) is 9.59 Å². The molecule has 1 aliphatic rings. The van der Waals surface area contributed by atoms with Crippen LogP contribution in [0.5, 0.6) is 5.75 Å². The summed E-state index contributed by atoms with van der Waals surface area (Å²) in [6.07, 6.45) is -1.55. The van der Waals surface area contributed by atoms with Crippen LogP contribution in [-0.2, 0) is 25.7 Å². The number of carbonyl (C=O) groups is 5. The molecule has 0 heterocycles. The molecule has 1 saturated carbocycles. The van der Waals surface area contributed by atoms with Crippen molar-refractivity contribution in [3.63, 3.8) is 0 Å². The molecule has 3 aromatic carbocycles. The van der Waals surface area contributed by atoms with Crippen LogP contribution >= 0.6 is 0 Å². The van der Waals surface area contributed by atoms with Gasteiger partial charge in [-0.1, -0.05) is 79.2 Å². The van der Waals surface area contributed by atoms with Gasteiger partial charge in [0.15, 0.2) is 5.96 Å². The first-order valence-electron chi connectivity index (χ1n) is 17.1. The Balaban J connectivity index is 0.00000102. The molecular formula is C37H44F3N7O7. The number of nitrogens with zero attached hydrogens (tertiary/aromatic N) is 1. The van der Waals surface area contributed by atoms with Gasteiger partial charge in [-0.15, -0.1) is 0 Å². The summed E-state index contributed by atoms with van der Waals surface area (Å²) in [5.74, 6) is -3.95. The van der Waals surface area contributed by atoms with E-state index in [0.29, 0.717) is 13.0 Å². The van der Waals surface area contributed by atoms with Crippen molar-refractivity contribution in [2.45, 2.75) is 56.8 Å². The third-order valence-corrected chi connectivity index (χ3v) is 8.17. The van der Waals surface area contributed by atoms with E-state index < -0.39 is 30.1 Å². The lowest BCUT2D eigenvalue weighted by Gasteiger charge is -2.24. The first kappa shape index (κ1) is 42.3. The number of hydrogen-bond acceptors (Lipinski definition) is 7. The Labute approximate surface area is 309 Å². The lowest BCUT2D eigenvalue weighted by atomic mass is 9.85. The molecule has 17 heteroatoms. The highest BCUT2D eigenvalue weighted by atomic mass is 19.4. The highest BCUT2D eigenvalue weighted by Gasteiger charge is 2.38. The number of aliphatic carboxylic acids is 1. The lowest BCUT2D eigenvalue weighted by Crippen LogP contribution is -2.48. The summed E-state index contributed by atoms with van der Waals surface area (Å²) in [6.45, 7) is 0.963. The number of urea groups is 1. The predicted molar refractivity (Wildman–Crippen MR) is 193 cm³/mol. The molecule has 5 amide bonds. The van der Waals surface area contributed by atoms with Crippen molar-refractivity contribution in [2.24, 2.45) is 16.6 Å². The molecule has 54 heavy (non-hydrogen) atoms. The highest BCUT2D eigenvalue weighted by molar-refractivity contribution is 5.95. The van der Waals surface area contributed by atoms with Crippen molar-refractivity contribution in [3.8, 4) is 5.75 Å². The number of nitrogens with one attached hydrogen (secondary N) is 5. The average molecular weight is 756 g/mol. The number of alkyl halides is 3. The molecule has 0 aromatic heterocycles. The predicted octanol–water partition coefficient (Wildman–Crippen LogP) is 3.27. The summed E-state index contributed by atoms with van der Waals surface area (Å²) in [4.78, 5) is 64.3. The molecule has 14 nitrogen and oxygen atoms in total. The second-order valence-electron chi connectivity index (χ2n) is 12.2. The largest absolute Gasteiger partial charge is 0.508 e. The minimum absolute atomic E-state index is 0.0127. The van der Waals surface area contributed by atoms with Crippen LogP contribution in [0.1, 0.15) is 54.7 Å². The fraction of sp³-hybridized carbons (Fsp3) is 0.351. The van der Waals surface area contributed by atoms with E-state index in [1.165, 1.54) is 12.1 Å². The van der Waals surface area contributed by atoms with E-state index >= 15 is 0 Å². The number of guanidine groups is 1. The number of carboxylic acids is 1. The van der Waals surface area contributed by atoms with Gasteiger partial charge in [0.05, 0.1) is 5.92 Å². The van der Waals surface area contributed by atoms with E-state index in [0.717, 1.165) is 36.0 Å². The normalized spacial score (nSPS) is 13.3. The Hall–Kier alpha value is -6.13. The number of aromatic hydroxyl groups is 1. The number of nitrogens with two attached hydrogens (primary N) is 1. The van der Waals surface area contributed by atoms with E-state index in [9.17, 15) is 37.5 Å². The smallest absolute Gasteiger partial charge is 0.490 e. The summed E-state index contributed by atoms with van der Waals surface area (Å²) in [6, 6.07) is 23.8. The molecule has 0 spiro atoms. The van der Waals surface area contributed by atoms with E-state index in [1.807, 2.05) is 60.7 Å². The van der Waals surface area contributed by atoms with Crippen LogP contribution in [0.25, 0.3) is 0 Å². The molecule has 0 bridgehead atoms. The SMILES string of the molecule is NC(=NCCC[C@@H](NC(=O)C(c1ccccc1)c1ccccc1)C(=O)NCc1ccc(O)cc1)NC(=O)NCCNC(=O)C1CCC1.O=C(O)C(F)(F)F. The number of carboxylic acid groups (broad SMARTS) is 1. The molecule has 0 aliphatic heterocycles.